The summed E-state index contributed by atoms with van der Waals surface area (Å²) in [7, 11) is 0. The first-order valence-electron chi connectivity index (χ1n) is 7.21. The van der Waals surface area contributed by atoms with E-state index in [-0.39, 0.29) is 29.1 Å². The first-order valence-corrected chi connectivity index (χ1v) is 8.20. The van der Waals surface area contributed by atoms with Crippen LogP contribution >= 0.6 is 11.8 Å². The number of fused-ring (bicyclic) bond motifs is 1. The van der Waals surface area contributed by atoms with Crippen molar-refractivity contribution < 1.29 is 19.5 Å². The highest BCUT2D eigenvalue weighted by Gasteiger charge is 2.53. The lowest BCUT2D eigenvalue weighted by Crippen LogP contribution is -2.53. The van der Waals surface area contributed by atoms with Crippen molar-refractivity contribution in [2.45, 2.75) is 44.5 Å². The molecule has 2 rings (SSSR count). The van der Waals surface area contributed by atoms with Gasteiger partial charge in [0.25, 0.3) is 0 Å². The summed E-state index contributed by atoms with van der Waals surface area (Å²) >= 11 is 1.62. The molecule has 2 atom stereocenters. The molecule has 0 radical (unpaired) electrons. The van der Waals surface area contributed by atoms with Gasteiger partial charge < -0.3 is 14.9 Å². The number of carbonyl (C=O) groups is 3. The van der Waals surface area contributed by atoms with Gasteiger partial charge in [0.2, 0.25) is 11.8 Å². The molecule has 0 aromatic carbocycles. The minimum Gasteiger partial charge on any atom is -0.480 e. The van der Waals surface area contributed by atoms with Gasteiger partial charge in [0.15, 0.2) is 0 Å². The number of thioether (sulfide) groups is 1. The Labute approximate surface area is 128 Å². The third kappa shape index (κ3) is 3.17. The van der Waals surface area contributed by atoms with E-state index in [2.05, 4.69) is 0 Å². The van der Waals surface area contributed by atoms with Gasteiger partial charge in [-0.25, -0.2) is 0 Å². The molecule has 2 heterocycles. The van der Waals surface area contributed by atoms with Crippen molar-refractivity contribution in [1.29, 1.82) is 0 Å². The Morgan fingerprint density at radius 3 is 2.76 bits per heavy atom. The van der Waals surface area contributed by atoms with Crippen LogP contribution in [0.1, 0.15) is 33.6 Å². The van der Waals surface area contributed by atoms with Crippen LogP contribution in [0.5, 0.6) is 0 Å². The van der Waals surface area contributed by atoms with Gasteiger partial charge in [-0.1, -0.05) is 13.8 Å². The lowest BCUT2D eigenvalue weighted by Gasteiger charge is -2.33. The standard InChI is InChI=1S/C14H22N2O4S/c1-9(2)6-15(7-12(18)19)13(20)10-8-21-14(3)5-4-11(17)16(10)14/h9-10H,4-8H2,1-3H3,(H,18,19). The topological polar surface area (TPSA) is 77.9 Å². The number of carboxylic acid groups (broad SMARTS) is 1. The summed E-state index contributed by atoms with van der Waals surface area (Å²) in [4.78, 5) is 38.5. The summed E-state index contributed by atoms with van der Waals surface area (Å²) in [6.07, 6.45) is 1.22. The van der Waals surface area contributed by atoms with Gasteiger partial charge in [-0.2, -0.15) is 0 Å². The fraction of sp³-hybridized carbons (Fsp3) is 0.786. The van der Waals surface area contributed by atoms with Gasteiger partial charge in [0.05, 0.1) is 4.87 Å². The molecule has 2 fully saturated rings. The second kappa shape index (κ2) is 5.87. The number of carbonyl (C=O) groups excluding carboxylic acids is 2. The number of nitrogens with zero attached hydrogens (tertiary/aromatic N) is 2. The maximum Gasteiger partial charge on any atom is 0.323 e. The quantitative estimate of drug-likeness (QED) is 0.819. The molecule has 0 bridgehead atoms. The van der Waals surface area contributed by atoms with Gasteiger partial charge in [0, 0.05) is 18.7 Å². The average molecular weight is 314 g/mol. The van der Waals surface area contributed by atoms with Crippen LogP contribution in [0.2, 0.25) is 0 Å². The second-order valence-corrected chi connectivity index (χ2v) is 7.77. The summed E-state index contributed by atoms with van der Waals surface area (Å²) < 4.78 is 0. The molecule has 0 aliphatic carbocycles. The van der Waals surface area contributed by atoms with Crippen molar-refractivity contribution in [1.82, 2.24) is 9.80 Å². The highest BCUT2D eigenvalue weighted by Crippen LogP contribution is 2.47. The molecule has 2 unspecified atom stereocenters. The average Bonchev–Trinajstić information content (AvgIpc) is 2.84. The molecule has 2 aliphatic rings. The highest BCUT2D eigenvalue weighted by molar-refractivity contribution is 8.01. The predicted octanol–water partition coefficient (Wildman–Crippen LogP) is 1.01. The lowest BCUT2D eigenvalue weighted by molar-refractivity contribution is -0.149. The summed E-state index contributed by atoms with van der Waals surface area (Å²) in [5.74, 6) is -0.527. The Kier molecular flexibility index (Phi) is 4.51. The van der Waals surface area contributed by atoms with Crippen LogP contribution < -0.4 is 0 Å². The van der Waals surface area contributed by atoms with Gasteiger partial charge in [-0.3, -0.25) is 14.4 Å². The summed E-state index contributed by atoms with van der Waals surface area (Å²) in [5.41, 5.74) is 0. The molecular formula is C14H22N2O4S. The minimum atomic E-state index is -1.02. The summed E-state index contributed by atoms with van der Waals surface area (Å²) in [5, 5.41) is 9.00. The van der Waals surface area contributed by atoms with Crippen molar-refractivity contribution in [2.75, 3.05) is 18.8 Å². The number of aliphatic carboxylic acids is 1. The SMILES string of the molecule is CC(C)CN(CC(=O)O)C(=O)C1CSC2(C)CCC(=O)N12. The molecule has 0 saturated carbocycles. The Balaban J connectivity index is 2.16. The maximum absolute atomic E-state index is 12.7. The first kappa shape index (κ1) is 16.1. The van der Waals surface area contributed by atoms with Crippen molar-refractivity contribution in [3.05, 3.63) is 0 Å². The Hall–Kier alpha value is -1.24. The first-order chi connectivity index (χ1) is 9.74. The third-order valence-electron chi connectivity index (χ3n) is 3.95. The predicted molar refractivity (Wildman–Crippen MR) is 79.8 cm³/mol. The van der Waals surface area contributed by atoms with Gasteiger partial charge in [-0.05, 0) is 19.3 Å². The van der Waals surface area contributed by atoms with Crippen LogP contribution in [0.25, 0.3) is 0 Å². The zero-order chi connectivity index (χ0) is 15.8. The molecule has 1 N–H and O–H groups in total. The van der Waals surface area contributed by atoms with Crippen molar-refractivity contribution in [2.24, 2.45) is 5.92 Å². The fourth-order valence-electron chi connectivity index (χ4n) is 3.05. The van der Waals surface area contributed by atoms with Gasteiger partial charge >= 0.3 is 5.97 Å². The molecule has 7 heteroatoms. The monoisotopic (exact) mass is 314 g/mol. The van der Waals surface area contributed by atoms with Crippen LogP contribution in [-0.4, -0.2) is 62.4 Å². The summed E-state index contributed by atoms with van der Waals surface area (Å²) in [6, 6.07) is -0.520. The molecule has 0 aromatic rings. The Morgan fingerprint density at radius 2 is 2.19 bits per heavy atom. The van der Waals surface area contributed by atoms with Crippen LogP contribution in [0.4, 0.5) is 0 Å². The number of hydrogen-bond donors (Lipinski definition) is 1. The maximum atomic E-state index is 12.7. The number of amides is 2. The van der Waals surface area contributed by atoms with E-state index in [9.17, 15) is 14.4 Å². The minimum absolute atomic E-state index is 0.000622. The van der Waals surface area contributed by atoms with Crippen LogP contribution in [0, 0.1) is 5.92 Å². The molecule has 2 aliphatic heterocycles. The molecule has 21 heavy (non-hydrogen) atoms. The van der Waals surface area contributed by atoms with E-state index in [1.54, 1.807) is 16.7 Å². The zero-order valence-electron chi connectivity index (χ0n) is 12.7. The Bertz CT molecular complexity index is 468. The van der Waals surface area contributed by atoms with Gasteiger partial charge in [-0.15, -0.1) is 11.8 Å². The van der Waals surface area contributed by atoms with Crippen LogP contribution in [0.15, 0.2) is 0 Å². The van der Waals surface area contributed by atoms with E-state index < -0.39 is 12.0 Å². The fourth-order valence-corrected chi connectivity index (χ4v) is 4.47. The van der Waals surface area contributed by atoms with Crippen molar-refractivity contribution in [3.63, 3.8) is 0 Å². The normalized spacial score (nSPS) is 28.1. The van der Waals surface area contributed by atoms with E-state index in [0.717, 1.165) is 6.42 Å². The second-order valence-electron chi connectivity index (χ2n) is 6.27. The van der Waals surface area contributed by atoms with Crippen LogP contribution in [-0.2, 0) is 14.4 Å². The van der Waals surface area contributed by atoms with E-state index in [1.165, 1.54) is 4.90 Å². The molecule has 2 saturated heterocycles. The van der Waals surface area contributed by atoms with E-state index in [0.29, 0.717) is 18.7 Å². The highest BCUT2D eigenvalue weighted by atomic mass is 32.2. The Morgan fingerprint density at radius 1 is 1.52 bits per heavy atom. The molecule has 118 valence electrons. The van der Waals surface area contributed by atoms with Crippen molar-refractivity contribution >= 4 is 29.5 Å². The molecular weight excluding hydrogens is 292 g/mol. The molecule has 6 nitrogen and oxygen atoms in total. The molecule has 0 aromatic heterocycles. The number of carboxylic acids is 1. The number of rotatable bonds is 5. The smallest absolute Gasteiger partial charge is 0.323 e. The van der Waals surface area contributed by atoms with E-state index >= 15 is 0 Å². The molecule has 2 amide bonds. The molecule has 0 spiro atoms. The lowest BCUT2D eigenvalue weighted by atomic mass is 10.1. The largest absolute Gasteiger partial charge is 0.480 e. The van der Waals surface area contributed by atoms with Gasteiger partial charge in [0.1, 0.15) is 12.6 Å². The zero-order valence-corrected chi connectivity index (χ0v) is 13.5. The summed E-state index contributed by atoms with van der Waals surface area (Å²) in [6.45, 7) is 5.95. The van der Waals surface area contributed by atoms with Crippen molar-refractivity contribution in [3.8, 4) is 0 Å². The van der Waals surface area contributed by atoms with E-state index in [1.807, 2.05) is 20.8 Å². The van der Waals surface area contributed by atoms with E-state index in [4.69, 9.17) is 5.11 Å². The third-order valence-corrected chi connectivity index (χ3v) is 5.46. The number of hydrogen-bond acceptors (Lipinski definition) is 4. The van der Waals surface area contributed by atoms with Crippen LogP contribution in [0.3, 0.4) is 0 Å².